The molecule has 0 fully saturated rings. The minimum absolute atomic E-state index is 0.0222. The molecule has 0 rings (SSSR count). The third-order valence-corrected chi connectivity index (χ3v) is 4.03. The van der Waals surface area contributed by atoms with E-state index < -0.39 is 5.97 Å². The van der Waals surface area contributed by atoms with E-state index in [4.69, 9.17) is 5.11 Å². The van der Waals surface area contributed by atoms with Crippen LogP contribution in [0.3, 0.4) is 0 Å². The number of aliphatic carboxylic acids is 1. The molecule has 2 N–H and O–H groups in total. The van der Waals surface area contributed by atoms with Gasteiger partial charge in [0.15, 0.2) is 0 Å². The zero-order valence-corrected chi connectivity index (χ0v) is 12.4. The molecule has 18 heavy (non-hydrogen) atoms. The van der Waals surface area contributed by atoms with Crippen molar-refractivity contribution in [3.05, 3.63) is 0 Å². The number of thioether (sulfide) groups is 1. The zero-order valence-electron chi connectivity index (χ0n) is 11.6. The lowest BCUT2D eigenvalue weighted by Crippen LogP contribution is -2.36. The Labute approximate surface area is 114 Å². The fourth-order valence-electron chi connectivity index (χ4n) is 1.64. The standard InChI is InChI=1S/C13H25NO3S/c1-4-18-12(10(2)3)13(17)14-9-7-5-6-8-11(15)16/h10,12H,4-9H2,1-3H3,(H,14,17)(H,15,16). The van der Waals surface area contributed by atoms with Gasteiger partial charge in [-0.15, -0.1) is 11.8 Å². The van der Waals surface area contributed by atoms with Crippen LogP contribution in [0.1, 0.15) is 46.5 Å². The normalized spacial score (nSPS) is 12.4. The Morgan fingerprint density at radius 3 is 2.39 bits per heavy atom. The fourth-order valence-corrected chi connectivity index (χ4v) is 2.62. The van der Waals surface area contributed by atoms with Gasteiger partial charge in [0.05, 0.1) is 5.25 Å². The summed E-state index contributed by atoms with van der Waals surface area (Å²) in [5.41, 5.74) is 0. The van der Waals surface area contributed by atoms with Gasteiger partial charge in [-0.1, -0.05) is 27.2 Å². The Balaban J connectivity index is 3.70. The van der Waals surface area contributed by atoms with Crippen molar-refractivity contribution in [1.29, 1.82) is 0 Å². The van der Waals surface area contributed by atoms with Crippen LogP contribution >= 0.6 is 11.8 Å². The Morgan fingerprint density at radius 2 is 1.89 bits per heavy atom. The van der Waals surface area contributed by atoms with E-state index in [0.29, 0.717) is 18.9 Å². The van der Waals surface area contributed by atoms with Crippen molar-refractivity contribution in [2.24, 2.45) is 5.92 Å². The van der Waals surface area contributed by atoms with Crippen molar-refractivity contribution < 1.29 is 14.7 Å². The van der Waals surface area contributed by atoms with Gasteiger partial charge in [0, 0.05) is 13.0 Å². The summed E-state index contributed by atoms with van der Waals surface area (Å²) in [5, 5.41) is 11.4. The van der Waals surface area contributed by atoms with Crippen LogP contribution in [0.5, 0.6) is 0 Å². The highest BCUT2D eigenvalue weighted by Crippen LogP contribution is 2.19. The molecule has 0 heterocycles. The smallest absolute Gasteiger partial charge is 0.303 e. The summed E-state index contributed by atoms with van der Waals surface area (Å²) in [4.78, 5) is 22.2. The first-order valence-corrected chi connectivity index (χ1v) is 7.65. The SMILES string of the molecule is CCSC(C(=O)NCCCCCC(=O)O)C(C)C. The molecular weight excluding hydrogens is 250 g/mol. The van der Waals surface area contributed by atoms with Gasteiger partial charge in [0.25, 0.3) is 0 Å². The number of nitrogens with one attached hydrogen (secondary N) is 1. The molecule has 1 atom stereocenters. The third-order valence-electron chi connectivity index (χ3n) is 2.58. The molecule has 0 aromatic rings. The van der Waals surface area contributed by atoms with Gasteiger partial charge in [0.1, 0.15) is 0 Å². The first-order valence-electron chi connectivity index (χ1n) is 6.60. The van der Waals surface area contributed by atoms with Gasteiger partial charge >= 0.3 is 5.97 Å². The van der Waals surface area contributed by atoms with E-state index in [1.165, 1.54) is 0 Å². The Bertz CT molecular complexity index is 257. The molecule has 106 valence electrons. The first kappa shape index (κ1) is 17.3. The lowest BCUT2D eigenvalue weighted by atomic mass is 10.1. The lowest BCUT2D eigenvalue weighted by Gasteiger charge is -2.19. The van der Waals surface area contributed by atoms with Gasteiger partial charge in [-0.2, -0.15) is 0 Å². The number of unbranched alkanes of at least 4 members (excludes halogenated alkanes) is 2. The molecule has 5 heteroatoms. The van der Waals surface area contributed by atoms with Crippen molar-refractivity contribution in [3.63, 3.8) is 0 Å². The van der Waals surface area contributed by atoms with Crippen LogP contribution in [0, 0.1) is 5.92 Å². The van der Waals surface area contributed by atoms with E-state index >= 15 is 0 Å². The summed E-state index contributed by atoms with van der Waals surface area (Å²) in [6.07, 6.45) is 2.59. The van der Waals surface area contributed by atoms with Crippen LogP contribution in [0.25, 0.3) is 0 Å². The molecule has 0 radical (unpaired) electrons. The second kappa shape index (κ2) is 10.2. The highest BCUT2D eigenvalue weighted by molar-refractivity contribution is 8.00. The molecular formula is C13H25NO3S. The van der Waals surface area contributed by atoms with Crippen LogP contribution in [-0.2, 0) is 9.59 Å². The number of carboxylic acid groups (broad SMARTS) is 1. The summed E-state index contributed by atoms with van der Waals surface area (Å²) in [6.45, 7) is 6.81. The fraction of sp³-hybridized carbons (Fsp3) is 0.846. The van der Waals surface area contributed by atoms with Gasteiger partial charge in [0.2, 0.25) is 5.91 Å². The van der Waals surface area contributed by atoms with Crippen molar-refractivity contribution >= 4 is 23.6 Å². The molecule has 0 aromatic heterocycles. The van der Waals surface area contributed by atoms with E-state index in [9.17, 15) is 9.59 Å². The highest BCUT2D eigenvalue weighted by atomic mass is 32.2. The molecule has 1 unspecified atom stereocenters. The third kappa shape index (κ3) is 8.39. The number of carbonyl (C=O) groups is 2. The molecule has 0 saturated carbocycles. The predicted molar refractivity (Wildman–Crippen MR) is 75.9 cm³/mol. The number of hydrogen-bond acceptors (Lipinski definition) is 3. The summed E-state index contributed by atoms with van der Waals surface area (Å²) in [6, 6.07) is 0. The van der Waals surface area contributed by atoms with Crippen molar-refractivity contribution in [1.82, 2.24) is 5.32 Å². The molecule has 0 aliphatic carbocycles. The van der Waals surface area contributed by atoms with E-state index in [1.807, 2.05) is 0 Å². The van der Waals surface area contributed by atoms with Crippen molar-refractivity contribution in [2.75, 3.05) is 12.3 Å². The molecule has 4 nitrogen and oxygen atoms in total. The van der Waals surface area contributed by atoms with Gasteiger partial charge in [-0.25, -0.2) is 0 Å². The van der Waals surface area contributed by atoms with Crippen molar-refractivity contribution in [3.8, 4) is 0 Å². The second-order valence-electron chi connectivity index (χ2n) is 4.62. The second-order valence-corrected chi connectivity index (χ2v) is 6.03. The Morgan fingerprint density at radius 1 is 1.22 bits per heavy atom. The summed E-state index contributed by atoms with van der Waals surface area (Å²) in [7, 11) is 0. The number of hydrogen-bond donors (Lipinski definition) is 2. The number of carboxylic acids is 1. The van der Waals surface area contributed by atoms with Crippen molar-refractivity contribution in [2.45, 2.75) is 51.7 Å². The summed E-state index contributed by atoms with van der Waals surface area (Å²) >= 11 is 1.68. The van der Waals surface area contributed by atoms with Crippen LogP contribution in [0.2, 0.25) is 0 Å². The maximum absolute atomic E-state index is 11.9. The average Bonchev–Trinajstić information content (AvgIpc) is 2.29. The van der Waals surface area contributed by atoms with Gasteiger partial charge in [-0.3, -0.25) is 9.59 Å². The van der Waals surface area contributed by atoms with Crippen LogP contribution < -0.4 is 5.32 Å². The van der Waals surface area contributed by atoms with Crippen LogP contribution in [0.15, 0.2) is 0 Å². The monoisotopic (exact) mass is 275 g/mol. The minimum Gasteiger partial charge on any atom is -0.481 e. The van der Waals surface area contributed by atoms with E-state index in [1.54, 1.807) is 11.8 Å². The molecule has 0 aliphatic heterocycles. The average molecular weight is 275 g/mol. The van der Waals surface area contributed by atoms with Gasteiger partial charge < -0.3 is 10.4 Å². The molecule has 0 aromatic carbocycles. The van der Waals surface area contributed by atoms with E-state index in [2.05, 4.69) is 26.1 Å². The highest BCUT2D eigenvalue weighted by Gasteiger charge is 2.21. The van der Waals surface area contributed by atoms with E-state index in [-0.39, 0.29) is 17.6 Å². The Kier molecular flexibility index (Phi) is 9.83. The topological polar surface area (TPSA) is 66.4 Å². The summed E-state index contributed by atoms with van der Waals surface area (Å²) < 4.78 is 0. The maximum Gasteiger partial charge on any atom is 0.303 e. The number of amides is 1. The van der Waals surface area contributed by atoms with Gasteiger partial charge in [-0.05, 0) is 24.5 Å². The number of carbonyl (C=O) groups excluding carboxylic acids is 1. The molecule has 0 bridgehead atoms. The number of rotatable bonds is 10. The van der Waals surface area contributed by atoms with Crippen LogP contribution in [0.4, 0.5) is 0 Å². The van der Waals surface area contributed by atoms with Crippen LogP contribution in [-0.4, -0.2) is 34.5 Å². The Hall–Kier alpha value is -0.710. The minimum atomic E-state index is -0.752. The van der Waals surface area contributed by atoms with E-state index in [0.717, 1.165) is 18.6 Å². The predicted octanol–water partition coefficient (Wildman–Crippen LogP) is 2.53. The molecule has 0 saturated heterocycles. The summed E-state index contributed by atoms with van der Waals surface area (Å²) in [5.74, 6) is 0.629. The maximum atomic E-state index is 11.9. The molecule has 1 amide bonds. The molecule has 0 spiro atoms. The molecule has 0 aliphatic rings. The first-order chi connectivity index (χ1) is 8.49. The zero-order chi connectivity index (χ0) is 14.0. The lowest BCUT2D eigenvalue weighted by molar-refractivity contribution is -0.137. The quantitative estimate of drug-likeness (QED) is 0.601. The largest absolute Gasteiger partial charge is 0.481 e.